The van der Waals surface area contributed by atoms with Crippen molar-refractivity contribution in [3.63, 3.8) is 0 Å². The SMILES string of the molecule is CO[Si](CP(c1ccccc1)c1ccccc1)(OC)OC. The Morgan fingerprint density at radius 3 is 1.43 bits per heavy atom. The molecule has 21 heavy (non-hydrogen) atoms. The van der Waals surface area contributed by atoms with Gasteiger partial charge in [-0.3, -0.25) is 0 Å². The highest BCUT2D eigenvalue weighted by Gasteiger charge is 2.41. The molecule has 0 saturated heterocycles. The third-order valence-corrected chi connectivity index (χ3v) is 9.94. The molecule has 0 aliphatic rings. The van der Waals surface area contributed by atoms with Gasteiger partial charge in [0.05, 0.1) is 0 Å². The fraction of sp³-hybridized carbons (Fsp3) is 0.250. The van der Waals surface area contributed by atoms with Crippen LogP contribution in [0.1, 0.15) is 0 Å². The summed E-state index contributed by atoms with van der Waals surface area (Å²) < 4.78 is 16.9. The number of rotatable bonds is 7. The minimum atomic E-state index is -2.62. The van der Waals surface area contributed by atoms with Crippen molar-refractivity contribution in [2.24, 2.45) is 0 Å². The molecule has 0 N–H and O–H groups in total. The molecule has 5 heteroatoms. The van der Waals surface area contributed by atoms with E-state index in [2.05, 4.69) is 48.5 Å². The number of hydrogen-bond acceptors (Lipinski definition) is 3. The molecule has 0 spiro atoms. The van der Waals surface area contributed by atoms with Crippen LogP contribution in [0.3, 0.4) is 0 Å². The van der Waals surface area contributed by atoms with Crippen LogP contribution in [0, 0.1) is 0 Å². The molecule has 0 saturated carbocycles. The summed E-state index contributed by atoms with van der Waals surface area (Å²) in [6.07, 6.45) is 0. The number of hydrogen-bond donors (Lipinski definition) is 0. The molecule has 0 fully saturated rings. The Labute approximate surface area is 129 Å². The van der Waals surface area contributed by atoms with Gasteiger partial charge in [-0.1, -0.05) is 60.7 Å². The van der Waals surface area contributed by atoms with Crippen molar-refractivity contribution in [1.82, 2.24) is 0 Å². The van der Waals surface area contributed by atoms with Gasteiger partial charge in [0, 0.05) is 27.1 Å². The van der Waals surface area contributed by atoms with Gasteiger partial charge in [-0.15, -0.1) is 0 Å². The van der Waals surface area contributed by atoms with Crippen LogP contribution in [-0.2, 0) is 13.3 Å². The van der Waals surface area contributed by atoms with Gasteiger partial charge in [-0.25, -0.2) is 0 Å². The Morgan fingerprint density at radius 1 is 0.714 bits per heavy atom. The van der Waals surface area contributed by atoms with Gasteiger partial charge in [0.2, 0.25) is 0 Å². The van der Waals surface area contributed by atoms with Crippen molar-refractivity contribution in [2.75, 3.05) is 27.1 Å². The Bertz CT molecular complexity index is 484. The summed E-state index contributed by atoms with van der Waals surface area (Å²) in [7, 11) is 1.82. The zero-order chi connectivity index (χ0) is 15.1. The van der Waals surface area contributed by atoms with Crippen molar-refractivity contribution in [2.45, 2.75) is 0 Å². The predicted octanol–water partition coefficient (Wildman–Crippen LogP) is 2.54. The first-order valence-corrected chi connectivity index (χ1v) is 10.2. The van der Waals surface area contributed by atoms with Crippen LogP contribution >= 0.6 is 7.92 Å². The fourth-order valence-corrected chi connectivity index (χ4v) is 8.61. The van der Waals surface area contributed by atoms with Gasteiger partial charge in [0.1, 0.15) is 0 Å². The highest BCUT2D eigenvalue weighted by atomic mass is 31.1. The maximum absolute atomic E-state index is 5.62. The second kappa shape index (κ2) is 7.83. The van der Waals surface area contributed by atoms with E-state index in [1.54, 1.807) is 21.3 Å². The highest BCUT2D eigenvalue weighted by Crippen LogP contribution is 2.37. The Hall–Kier alpha value is -1.03. The van der Waals surface area contributed by atoms with Crippen LogP contribution in [0.4, 0.5) is 0 Å². The van der Waals surface area contributed by atoms with Crippen LogP contribution in [0.2, 0.25) is 0 Å². The first-order chi connectivity index (χ1) is 10.2. The van der Waals surface area contributed by atoms with Crippen molar-refractivity contribution in [3.8, 4) is 0 Å². The Morgan fingerprint density at radius 2 is 1.10 bits per heavy atom. The molecule has 112 valence electrons. The van der Waals surface area contributed by atoms with E-state index < -0.39 is 16.7 Å². The molecule has 0 bridgehead atoms. The zero-order valence-corrected chi connectivity index (χ0v) is 14.5. The maximum Gasteiger partial charge on any atom is 0.505 e. The minimum Gasteiger partial charge on any atom is -0.377 e. The van der Waals surface area contributed by atoms with E-state index in [0.29, 0.717) is 0 Å². The van der Waals surface area contributed by atoms with Crippen LogP contribution < -0.4 is 10.6 Å². The average Bonchev–Trinajstić information content (AvgIpc) is 2.58. The quantitative estimate of drug-likeness (QED) is 0.580. The van der Waals surface area contributed by atoms with Gasteiger partial charge in [0.25, 0.3) is 0 Å². The first-order valence-electron chi connectivity index (χ1n) is 6.78. The lowest BCUT2D eigenvalue weighted by atomic mass is 10.4. The molecule has 3 nitrogen and oxygen atoms in total. The Kier molecular flexibility index (Phi) is 6.09. The topological polar surface area (TPSA) is 27.7 Å². The summed E-state index contributed by atoms with van der Waals surface area (Å²) in [6, 6.07) is 21.0. The third kappa shape index (κ3) is 4.00. The lowest BCUT2D eigenvalue weighted by Gasteiger charge is -2.29. The molecule has 0 amide bonds. The molecule has 0 aliphatic heterocycles. The third-order valence-electron chi connectivity index (χ3n) is 3.42. The second-order valence-corrected chi connectivity index (χ2v) is 10.3. The van der Waals surface area contributed by atoms with Crippen molar-refractivity contribution in [1.29, 1.82) is 0 Å². The van der Waals surface area contributed by atoms with Crippen molar-refractivity contribution >= 4 is 27.3 Å². The van der Waals surface area contributed by atoms with Gasteiger partial charge in [0.15, 0.2) is 0 Å². The van der Waals surface area contributed by atoms with E-state index in [4.69, 9.17) is 13.3 Å². The zero-order valence-electron chi connectivity index (χ0n) is 12.7. The van der Waals surface area contributed by atoms with E-state index in [0.717, 1.165) is 5.79 Å². The van der Waals surface area contributed by atoms with Gasteiger partial charge >= 0.3 is 8.80 Å². The summed E-state index contributed by atoms with van der Waals surface area (Å²) in [5.74, 6) is 0.778. The van der Waals surface area contributed by atoms with Crippen LogP contribution in [0.5, 0.6) is 0 Å². The largest absolute Gasteiger partial charge is 0.505 e. The summed E-state index contributed by atoms with van der Waals surface area (Å²) in [4.78, 5) is 0. The molecule has 0 heterocycles. The molecule has 2 aromatic rings. The van der Waals surface area contributed by atoms with E-state index in [9.17, 15) is 0 Å². The lowest BCUT2D eigenvalue weighted by Crippen LogP contribution is -2.48. The summed E-state index contributed by atoms with van der Waals surface area (Å²) >= 11 is 0. The molecule has 2 aromatic carbocycles. The first kappa shape index (κ1) is 16.3. The molecule has 0 unspecified atom stereocenters. The Balaban J connectivity index is 2.38. The van der Waals surface area contributed by atoms with E-state index >= 15 is 0 Å². The molecular formula is C16H21O3PSi. The van der Waals surface area contributed by atoms with Gasteiger partial charge in [-0.2, -0.15) is 0 Å². The van der Waals surface area contributed by atoms with Crippen LogP contribution in [0.15, 0.2) is 60.7 Å². The lowest BCUT2D eigenvalue weighted by molar-refractivity contribution is 0.130. The molecule has 0 aromatic heterocycles. The van der Waals surface area contributed by atoms with Gasteiger partial charge < -0.3 is 13.3 Å². The van der Waals surface area contributed by atoms with Crippen LogP contribution in [0.25, 0.3) is 0 Å². The maximum atomic E-state index is 5.62. The minimum absolute atomic E-state index is 0.570. The number of benzene rings is 2. The molecule has 2 rings (SSSR count). The fourth-order valence-electron chi connectivity index (χ4n) is 2.18. The molecular weight excluding hydrogens is 299 g/mol. The summed E-state index contributed by atoms with van der Waals surface area (Å²) in [5.41, 5.74) is 0. The van der Waals surface area contributed by atoms with E-state index in [-0.39, 0.29) is 0 Å². The average molecular weight is 320 g/mol. The normalized spacial score (nSPS) is 11.8. The smallest absolute Gasteiger partial charge is 0.377 e. The second-order valence-electron chi connectivity index (χ2n) is 4.55. The standard InChI is InChI=1S/C16H21O3PSi/c1-17-21(18-2,19-3)14-20(15-10-6-4-7-11-15)16-12-8-5-9-13-16/h4-13H,14H2,1-3H3. The predicted molar refractivity (Wildman–Crippen MR) is 90.7 cm³/mol. The summed E-state index contributed by atoms with van der Waals surface area (Å²) in [6.45, 7) is 0. The monoisotopic (exact) mass is 320 g/mol. The van der Waals surface area contributed by atoms with Crippen molar-refractivity contribution < 1.29 is 13.3 Å². The van der Waals surface area contributed by atoms with E-state index in [1.165, 1.54) is 10.6 Å². The molecule has 0 aliphatic carbocycles. The molecule has 0 atom stereocenters. The highest BCUT2D eigenvalue weighted by molar-refractivity contribution is 7.74. The van der Waals surface area contributed by atoms with Crippen LogP contribution in [-0.4, -0.2) is 35.9 Å². The van der Waals surface area contributed by atoms with Gasteiger partial charge in [-0.05, 0) is 18.5 Å². The van der Waals surface area contributed by atoms with Crippen molar-refractivity contribution in [3.05, 3.63) is 60.7 Å². The van der Waals surface area contributed by atoms with E-state index in [1.807, 2.05) is 12.1 Å². The molecule has 0 radical (unpaired) electrons. The summed E-state index contributed by atoms with van der Waals surface area (Å²) in [5, 5.41) is 2.61.